The molecule has 5 heteroatoms. The number of amidine groups is 1. The molecule has 0 unspecified atom stereocenters. The number of nitrogens with one attached hydrogen (secondary N) is 2. The monoisotopic (exact) mass is 187 g/mol. The van der Waals surface area contributed by atoms with Gasteiger partial charge in [-0.1, -0.05) is 0 Å². The van der Waals surface area contributed by atoms with E-state index in [0.717, 1.165) is 0 Å². The lowest BCUT2D eigenvalue weighted by Gasteiger charge is -2.21. The Kier molecular flexibility index (Phi) is 3.71. The van der Waals surface area contributed by atoms with Crippen molar-refractivity contribution in [1.82, 2.24) is 5.32 Å². The number of alkyl carbamates (subject to hydrolysis) is 1. The van der Waals surface area contributed by atoms with Crippen LogP contribution < -0.4 is 11.1 Å². The van der Waals surface area contributed by atoms with Gasteiger partial charge in [0.05, 0.1) is 6.04 Å². The number of ether oxygens (including phenoxy) is 1. The van der Waals surface area contributed by atoms with Gasteiger partial charge in [-0.15, -0.1) is 0 Å². The predicted molar refractivity (Wildman–Crippen MR) is 50.7 cm³/mol. The number of carbonyl (C=O) groups excluding carboxylic acids is 1. The van der Waals surface area contributed by atoms with Gasteiger partial charge in [0.25, 0.3) is 0 Å². The number of hydrogen-bond donors (Lipinski definition) is 3. The molecule has 5 nitrogen and oxygen atoms in total. The van der Waals surface area contributed by atoms with Gasteiger partial charge in [-0.25, -0.2) is 4.79 Å². The molecule has 76 valence electrons. The molecule has 0 saturated heterocycles. The Hall–Kier alpha value is -1.26. The SMILES string of the molecule is C[C@H](NC(=O)OC(C)(C)C)C(=N)N. The second-order valence-electron chi connectivity index (χ2n) is 3.82. The van der Waals surface area contributed by atoms with Gasteiger partial charge < -0.3 is 15.8 Å². The highest BCUT2D eigenvalue weighted by atomic mass is 16.6. The zero-order valence-corrected chi connectivity index (χ0v) is 8.47. The van der Waals surface area contributed by atoms with E-state index in [1.54, 1.807) is 27.7 Å². The van der Waals surface area contributed by atoms with Crippen molar-refractivity contribution in [3.05, 3.63) is 0 Å². The molecule has 4 N–H and O–H groups in total. The molecule has 1 amide bonds. The van der Waals surface area contributed by atoms with Crippen LogP contribution in [0.3, 0.4) is 0 Å². The summed E-state index contributed by atoms with van der Waals surface area (Å²) in [6.07, 6.45) is -0.560. The van der Waals surface area contributed by atoms with Gasteiger partial charge >= 0.3 is 6.09 Å². The maximum Gasteiger partial charge on any atom is 0.408 e. The largest absolute Gasteiger partial charge is 0.444 e. The van der Waals surface area contributed by atoms with Crippen LogP contribution in [0.1, 0.15) is 27.7 Å². The molecule has 0 heterocycles. The number of rotatable bonds is 2. The minimum absolute atomic E-state index is 0.0918. The summed E-state index contributed by atoms with van der Waals surface area (Å²) in [5.41, 5.74) is 4.63. The van der Waals surface area contributed by atoms with Crippen molar-refractivity contribution in [1.29, 1.82) is 5.41 Å². The summed E-state index contributed by atoms with van der Waals surface area (Å²) in [5, 5.41) is 9.46. The van der Waals surface area contributed by atoms with Crippen molar-refractivity contribution in [3.8, 4) is 0 Å². The Morgan fingerprint density at radius 2 is 2.00 bits per heavy atom. The van der Waals surface area contributed by atoms with Crippen LogP contribution in [0.2, 0.25) is 0 Å². The fourth-order valence-corrected chi connectivity index (χ4v) is 0.562. The fourth-order valence-electron chi connectivity index (χ4n) is 0.562. The highest BCUT2D eigenvalue weighted by Crippen LogP contribution is 2.06. The molecule has 0 radical (unpaired) electrons. The number of amides is 1. The van der Waals surface area contributed by atoms with E-state index in [-0.39, 0.29) is 5.84 Å². The van der Waals surface area contributed by atoms with Crippen LogP contribution in [0, 0.1) is 5.41 Å². The molecule has 0 saturated carbocycles. The van der Waals surface area contributed by atoms with Gasteiger partial charge in [0.1, 0.15) is 11.4 Å². The van der Waals surface area contributed by atoms with E-state index in [0.29, 0.717) is 0 Å². The lowest BCUT2D eigenvalue weighted by Crippen LogP contribution is -2.44. The van der Waals surface area contributed by atoms with Crippen LogP contribution in [0.15, 0.2) is 0 Å². The van der Waals surface area contributed by atoms with Crippen LogP contribution in [0.5, 0.6) is 0 Å². The van der Waals surface area contributed by atoms with Crippen molar-refractivity contribution in [2.45, 2.75) is 39.3 Å². The first-order chi connectivity index (χ1) is 5.72. The molecule has 0 aliphatic rings. The molecule has 0 rings (SSSR count). The molecule has 0 aliphatic carbocycles. The molecule has 0 fully saturated rings. The zero-order valence-electron chi connectivity index (χ0n) is 8.47. The average molecular weight is 187 g/mol. The van der Waals surface area contributed by atoms with Crippen LogP contribution >= 0.6 is 0 Å². The lowest BCUT2D eigenvalue weighted by atomic mass is 10.2. The number of hydrogen-bond acceptors (Lipinski definition) is 3. The fraction of sp³-hybridized carbons (Fsp3) is 0.750. The van der Waals surface area contributed by atoms with Gasteiger partial charge in [-0.05, 0) is 27.7 Å². The predicted octanol–water partition coefficient (Wildman–Crippen LogP) is 0.836. The van der Waals surface area contributed by atoms with E-state index < -0.39 is 17.7 Å². The minimum Gasteiger partial charge on any atom is -0.444 e. The molecule has 0 aliphatic heterocycles. The third-order valence-electron chi connectivity index (χ3n) is 1.20. The van der Waals surface area contributed by atoms with E-state index in [2.05, 4.69) is 5.32 Å². The Bertz CT molecular complexity index is 208. The van der Waals surface area contributed by atoms with E-state index >= 15 is 0 Å². The molecule has 1 atom stereocenters. The second-order valence-corrected chi connectivity index (χ2v) is 3.82. The molecule has 0 aromatic heterocycles. The maximum absolute atomic E-state index is 11.1. The van der Waals surface area contributed by atoms with Gasteiger partial charge in [-0.3, -0.25) is 5.41 Å². The number of nitrogens with two attached hydrogens (primary N) is 1. The lowest BCUT2D eigenvalue weighted by molar-refractivity contribution is 0.0521. The smallest absolute Gasteiger partial charge is 0.408 e. The topological polar surface area (TPSA) is 88.2 Å². The standard InChI is InChI=1S/C8H17N3O2/c1-5(6(9)10)11-7(12)13-8(2,3)4/h5H,1-4H3,(H3,9,10)(H,11,12)/t5-/m0/s1. The van der Waals surface area contributed by atoms with Crippen LogP contribution in [0.25, 0.3) is 0 Å². The molecular formula is C8H17N3O2. The van der Waals surface area contributed by atoms with Crippen LogP contribution in [-0.2, 0) is 4.74 Å². The molecule has 0 bridgehead atoms. The molecular weight excluding hydrogens is 170 g/mol. The summed E-state index contributed by atoms with van der Waals surface area (Å²) >= 11 is 0. The first kappa shape index (κ1) is 11.7. The zero-order chi connectivity index (χ0) is 10.6. The molecule has 13 heavy (non-hydrogen) atoms. The first-order valence-corrected chi connectivity index (χ1v) is 4.06. The first-order valence-electron chi connectivity index (χ1n) is 4.06. The summed E-state index contributed by atoms with van der Waals surface area (Å²) in [5.74, 6) is -0.0918. The van der Waals surface area contributed by atoms with Crippen molar-refractivity contribution in [2.24, 2.45) is 5.73 Å². The Labute approximate surface area is 78.1 Å². The summed E-state index contributed by atoms with van der Waals surface area (Å²) in [6, 6.07) is -0.491. The molecule has 0 aromatic carbocycles. The summed E-state index contributed by atoms with van der Waals surface area (Å²) in [4.78, 5) is 11.1. The quantitative estimate of drug-likeness (QED) is 0.442. The van der Waals surface area contributed by atoms with Crippen molar-refractivity contribution < 1.29 is 9.53 Å². The van der Waals surface area contributed by atoms with E-state index in [9.17, 15) is 4.79 Å². The van der Waals surface area contributed by atoms with Crippen LogP contribution in [-0.4, -0.2) is 23.6 Å². The average Bonchev–Trinajstić information content (AvgIpc) is 1.81. The van der Waals surface area contributed by atoms with Crippen LogP contribution in [0.4, 0.5) is 4.79 Å². The number of carbonyl (C=O) groups is 1. The van der Waals surface area contributed by atoms with E-state index in [1.165, 1.54) is 0 Å². The highest BCUT2D eigenvalue weighted by molar-refractivity contribution is 5.85. The van der Waals surface area contributed by atoms with Gasteiger partial charge in [0, 0.05) is 0 Å². The third-order valence-corrected chi connectivity index (χ3v) is 1.20. The Morgan fingerprint density at radius 1 is 1.54 bits per heavy atom. The maximum atomic E-state index is 11.1. The van der Waals surface area contributed by atoms with Gasteiger partial charge in [0.15, 0.2) is 0 Å². The summed E-state index contributed by atoms with van der Waals surface area (Å²) in [6.45, 7) is 6.92. The minimum atomic E-state index is -0.560. The van der Waals surface area contributed by atoms with Crippen molar-refractivity contribution >= 4 is 11.9 Å². The highest BCUT2D eigenvalue weighted by Gasteiger charge is 2.18. The third kappa shape index (κ3) is 5.95. The normalized spacial score (nSPS) is 13.2. The summed E-state index contributed by atoms with van der Waals surface area (Å²) < 4.78 is 4.96. The van der Waals surface area contributed by atoms with Crippen molar-refractivity contribution in [3.63, 3.8) is 0 Å². The molecule has 0 aromatic rings. The Balaban J connectivity index is 3.96. The van der Waals surface area contributed by atoms with Gasteiger partial charge in [0.2, 0.25) is 0 Å². The molecule has 0 spiro atoms. The summed E-state index contributed by atoms with van der Waals surface area (Å²) in [7, 11) is 0. The van der Waals surface area contributed by atoms with E-state index in [1.807, 2.05) is 0 Å². The van der Waals surface area contributed by atoms with E-state index in [4.69, 9.17) is 15.9 Å². The van der Waals surface area contributed by atoms with Crippen molar-refractivity contribution in [2.75, 3.05) is 0 Å². The second kappa shape index (κ2) is 4.11. The van der Waals surface area contributed by atoms with Gasteiger partial charge in [-0.2, -0.15) is 0 Å². The Morgan fingerprint density at radius 3 is 2.31 bits per heavy atom.